The Morgan fingerprint density at radius 1 is 1.33 bits per heavy atom. The van der Waals surface area contributed by atoms with Crippen LogP contribution in [-0.2, 0) is 11.3 Å². The molecule has 1 heterocycles. The summed E-state index contributed by atoms with van der Waals surface area (Å²) in [6.45, 7) is 7.60. The van der Waals surface area contributed by atoms with Gasteiger partial charge in [0.2, 0.25) is 0 Å². The topological polar surface area (TPSA) is 46.6 Å². The largest absolute Gasteiger partial charge is 0.443 e. The molecule has 1 aromatic rings. The summed E-state index contributed by atoms with van der Waals surface area (Å²) < 4.78 is 5.22. The fraction of sp³-hybridized carbons (Fsp3) is 0.429. The number of aryl methyl sites for hydroxylation is 1. The Kier molecular flexibility index (Phi) is 2.89. The van der Waals surface area contributed by atoms with Gasteiger partial charge < -0.3 is 4.74 Å². The molecule has 4 heteroatoms. The molecular formula is C14H17NO3. The Labute approximate surface area is 107 Å². The summed E-state index contributed by atoms with van der Waals surface area (Å²) in [5.41, 5.74) is 1.95. The van der Waals surface area contributed by atoms with Gasteiger partial charge in [-0.2, -0.15) is 0 Å². The van der Waals surface area contributed by atoms with E-state index in [1.54, 1.807) is 26.8 Å². The summed E-state index contributed by atoms with van der Waals surface area (Å²) >= 11 is 0. The van der Waals surface area contributed by atoms with Crippen molar-refractivity contribution < 1.29 is 14.3 Å². The van der Waals surface area contributed by atoms with Gasteiger partial charge in [0.1, 0.15) is 5.60 Å². The van der Waals surface area contributed by atoms with Crippen LogP contribution < -0.4 is 0 Å². The van der Waals surface area contributed by atoms with Gasteiger partial charge in [-0.15, -0.1) is 0 Å². The molecule has 4 nitrogen and oxygen atoms in total. The number of hydrogen-bond acceptors (Lipinski definition) is 3. The lowest BCUT2D eigenvalue weighted by molar-refractivity contribution is 0.0248. The van der Waals surface area contributed by atoms with E-state index in [1.807, 2.05) is 19.1 Å². The number of carbonyl (C=O) groups is 2. The van der Waals surface area contributed by atoms with Crippen LogP contribution in [0.5, 0.6) is 0 Å². The van der Waals surface area contributed by atoms with Gasteiger partial charge in [0.15, 0.2) is 0 Å². The summed E-state index contributed by atoms with van der Waals surface area (Å²) in [6.07, 6.45) is -0.582. The Morgan fingerprint density at radius 2 is 2.00 bits per heavy atom. The lowest BCUT2D eigenvalue weighted by Crippen LogP contribution is -2.36. The minimum absolute atomic E-state index is 0.278. The van der Waals surface area contributed by atoms with Crippen molar-refractivity contribution in [3.05, 3.63) is 34.9 Å². The maximum Gasteiger partial charge on any atom is 0.417 e. The maximum atomic E-state index is 12.1. The number of amides is 2. The van der Waals surface area contributed by atoms with Crippen LogP contribution in [0.4, 0.5) is 4.79 Å². The number of hydrogen-bond donors (Lipinski definition) is 0. The van der Waals surface area contributed by atoms with Crippen LogP contribution in [0.15, 0.2) is 18.2 Å². The number of imide groups is 1. The summed E-state index contributed by atoms with van der Waals surface area (Å²) in [5.74, 6) is -0.278. The van der Waals surface area contributed by atoms with E-state index in [-0.39, 0.29) is 5.91 Å². The summed E-state index contributed by atoms with van der Waals surface area (Å²) in [4.78, 5) is 25.1. The Hall–Kier alpha value is -1.84. The zero-order chi connectivity index (χ0) is 13.5. The number of rotatable bonds is 0. The Morgan fingerprint density at radius 3 is 2.61 bits per heavy atom. The van der Waals surface area contributed by atoms with Crippen molar-refractivity contribution in [2.75, 3.05) is 0 Å². The monoisotopic (exact) mass is 247 g/mol. The highest BCUT2D eigenvalue weighted by molar-refractivity contribution is 6.06. The number of ether oxygens (including phenoxy) is 1. The third kappa shape index (κ3) is 2.37. The van der Waals surface area contributed by atoms with Crippen LogP contribution >= 0.6 is 0 Å². The summed E-state index contributed by atoms with van der Waals surface area (Å²) in [6, 6.07) is 5.56. The highest BCUT2D eigenvalue weighted by Crippen LogP contribution is 2.25. The minimum Gasteiger partial charge on any atom is -0.443 e. The fourth-order valence-electron chi connectivity index (χ4n) is 1.91. The maximum absolute atomic E-state index is 12.1. The molecule has 0 spiro atoms. The summed E-state index contributed by atoms with van der Waals surface area (Å²) in [5, 5.41) is 0. The van der Waals surface area contributed by atoms with Crippen molar-refractivity contribution in [2.24, 2.45) is 0 Å². The van der Waals surface area contributed by atoms with Gasteiger partial charge in [-0.1, -0.05) is 17.7 Å². The second kappa shape index (κ2) is 4.12. The van der Waals surface area contributed by atoms with Crippen LogP contribution in [-0.4, -0.2) is 22.5 Å². The molecule has 0 saturated carbocycles. The molecule has 1 aliphatic rings. The molecule has 0 bridgehead atoms. The van der Waals surface area contributed by atoms with E-state index in [1.165, 1.54) is 0 Å². The molecule has 1 aromatic carbocycles. The molecular weight excluding hydrogens is 230 g/mol. The van der Waals surface area contributed by atoms with Crippen LogP contribution in [0.25, 0.3) is 0 Å². The first kappa shape index (κ1) is 12.6. The molecule has 0 aromatic heterocycles. The van der Waals surface area contributed by atoms with E-state index in [0.29, 0.717) is 12.1 Å². The smallest absolute Gasteiger partial charge is 0.417 e. The predicted octanol–water partition coefficient (Wildman–Crippen LogP) is 2.89. The Bertz CT molecular complexity index is 514. The van der Waals surface area contributed by atoms with Crippen LogP contribution in [0.1, 0.15) is 42.3 Å². The zero-order valence-corrected chi connectivity index (χ0v) is 11.1. The molecule has 0 fully saturated rings. The molecule has 0 radical (unpaired) electrons. The van der Waals surface area contributed by atoms with Gasteiger partial charge in [-0.25, -0.2) is 9.69 Å². The third-order valence-corrected chi connectivity index (χ3v) is 2.68. The molecule has 0 atom stereocenters. The second-order valence-corrected chi connectivity index (χ2v) is 5.53. The van der Waals surface area contributed by atoms with Crippen LogP contribution in [0.3, 0.4) is 0 Å². The van der Waals surface area contributed by atoms with E-state index >= 15 is 0 Å². The van der Waals surface area contributed by atoms with E-state index in [4.69, 9.17) is 4.74 Å². The zero-order valence-electron chi connectivity index (χ0n) is 11.1. The lowest BCUT2D eigenvalue weighted by Gasteiger charge is -2.23. The molecule has 1 aliphatic heterocycles. The van der Waals surface area contributed by atoms with Gasteiger partial charge in [0.25, 0.3) is 5.91 Å². The summed E-state index contributed by atoms with van der Waals surface area (Å²) in [7, 11) is 0. The van der Waals surface area contributed by atoms with Crippen molar-refractivity contribution >= 4 is 12.0 Å². The van der Waals surface area contributed by atoms with Gasteiger partial charge in [-0.05, 0) is 39.3 Å². The predicted molar refractivity (Wildman–Crippen MR) is 67.3 cm³/mol. The van der Waals surface area contributed by atoms with Crippen LogP contribution in [0, 0.1) is 6.92 Å². The number of fused-ring (bicyclic) bond motifs is 1. The number of nitrogens with zero attached hydrogens (tertiary/aromatic N) is 1. The highest BCUT2D eigenvalue weighted by atomic mass is 16.6. The molecule has 2 amide bonds. The SMILES string of the molecule is Cc1ccc2c(c1)CN(C(=O)OC(C)(C)C)C2=O. The molecule has 0 aliphatic carbocycles. The third-order valence-electron chi connectivity index (χ3n) is 2.68. The van der Waals surface area contributed by atoms with Crippen LogP contribution in [0.2, 0.25) is 0 Å². The molecule has 96 valence electrons. The van der Waals surface area contributed by atoms with Crippen molar-refractivity contribution in [3.63, 3.8) is 0 Å². The van der Waals surface area contributed by atoms with Crippen molar-refractivity contribution in [2.45, 2.75) is 39.8 Å². The lowest BCUT2D eigenvalue weighted by atomic mass is 10.1. The van der Waals surface area contributed by atoms with E-state index in [0.717, 1.165) is 16.0 Å². The first-order valence-electron chi connectivity index (χ1n) is 5.92. The second-order valence-electron chi connectivity index (χ2n) is 5.53. The van der Waals surface area contributed by atoms with Gasteiger partial charge in [-0.3, -0.25) is 4.79 Å². The molecule has 18 heavy (non-hydrogen) atoms. The van der Waals surface area contributed by atoms with Crippen molar-refractivity contribution in [3.8, 4) is 0 Å². The van der Waals surface area contributed by atoms with Gasteiger partial charge in [0, 0.05) is 5.56 Å². The fourth-order valence-corrected chi connectivity index (χ4v) is 1.91. The molecule has 0 saturated heterocycles. The van der Waals surface area contributed by atoms with E-state index in [9.17, 15) is 9.59 Å². The number of carbonyl (C=O) groups excluding carboxylic acids is 2. The highest BCUT2D eigenvalue weighted by Gasteiger charge is 2.34. The van der Waals surface area contributed by atoms with E-state index < -0.39 is 11.7 Å². The molecule has 0 unspecified atom stereocenters. The van der Waals surface area contributed by atoms with Crippen molar-refractivity contribution in [1.82, 2.24) is 4.90 Å². The normalized spacial score (nSPS) is 14.7. The van der Waals surface area contributed by atoms with Gasteiger partial charge in [0.05, 0.1) is 6.54 Å². The first-order valence-corrected chi connectivity index (χ1v) is 5.92. The number of benzene rings is 1. The quantitative estimate of drug-likeness (QED) is 0.708. The first-order chi connectivity index (χ1) is 8.28. The average Bonchev–Trinajstić information content (AvgIpc) is 2.53. The van der Waals surface area contributed by atoms with Crippen molar-refractivity contribution in [1.29, 1.82) is 0 Å². The molecule has 0 N–H and O–H groups in total. The minimum atomic E-state index is -0.595. The standard InChI is InChI=1S/C14H17NO3/c1-9-5-6-11-10(7-9)8-15(12(11)16)13(17)18-14(2,3)4/h5-7H,8H2,1-4H3. The average molecular weight is 247 g/mol. The molecule has 2 rings (SSSR count). The van der Waals surface area contributed by atoms with E-state index in [2.05, 4.69) is 0 Å². The Balaban J connectivity index is 2.21. The van der Waals surface area contributed by atoms with Gasteiger partial charge >= 0.3 is 6.09 Å².